The van der Waals surface area contributed by atoms with Crippen molar-refractivity contribution >= 4 is 34.6 Å². The molecule has 1 aromatic carbocycles. The molecule has 0 aliphatic heterocycles. The molecule has 0 saturated heterocycles. The maximum Gasteiger partial charge on any atom is 0.407 e. The van der Waals surface area contributed by atoms with Crippen molar-refractivity contribution in [3.63, 3.8) is 0 Å². The lowest BCUT2D eigenvalue weighted by Crippen LogP contribution is -2.42. The monoisotopic (exact) mass is 437 g/mol. The zero-order chi connectivity index (χ0) is 22.7. The Hall–Kier alpha value is -3.49. The molecule has 1 amide bonds. The molecule has 4 rings (SSSR count). The van der Waals surface area contributed by atoms with Crippen molar-refractivity contribution in [1.82, 2.24) is 19.9 Å². The average molecular weight is 438 g/mol. The van der Waals surface area contributed by atoms with Crippen LogP contribution >= 0.6 is 0 Å². The number of alkyl carbamates (subject to hydrolysis) is 1. The highest BCUT2D eigenvalue weighted by molar-refractivity contribution is 5.76. The van der Waals surface area contributed by atoms with Crippen LogP contribution in [-0.2, 0) is 4.74 Å². The van der Waals surface area contributed by atoms with Gasteiger partial charge >= 0.3 is 6.09 Å². The number of hydrogen-bond acceptors (Lipinski definition) is 7. The summed E-state index contributed by atoms with van der Waals surface area (Å²) < 4.78 is 7.13. The van der Waals surface area contributed by atoms with Gasteiger partial charge in [-0.25, -0.2) is 14.3 Å². The van der Waals surface area contributed by atoms with Crippen molar-refractivity contribution < 1.29 is 9.53 Å². The van der Waals surface area contributed by atoms with Crippen LogP contribution < -0.4 is 21.7 Å². The fourth-order valence-electron chi connectivity index (χ4n) is 3.87. The summed E-state index contributed by atoms with van der Waals surface area (Å²) in [5.41, 5.74) is 8.55. The first-order valence-electron chi connectivity index (χ1n) is 11.0. The number of anilines is 4. The van der Waals surface area contributed by atoms with Crippen molar-refractivity contribution in [2.24, 2.45) is 0 Å². The van der Waals surface area contributed by atoms with E-state index in [0.29, 0.717) is 0 Å². The lowest BCUT2D eigenvalue weighted by molar-refractivity contribution is 0.0492. The van der Waals surface area contributed by atoms with E-state index in [9.17, 15) is 4.79 Å². The van der Waals surface area contributed by atoms with Crippen LogP contribution in [0.2, 0.25) is 0 Å². The summed E-state index contributed by atoms with van der Waals surface area (Å²) in [5.74, 6) is 0.775. The smallest absolute Gasteiger partial charge is 0.407 e. The molecule has 2 aromatic heterocycles. The maximum absolute atomic E-state index is 12.0. The third-order valence-electron chi connectivity index (χ3n) is 5.35. The molecule has 0 unspecified atom stereocenters. The second kappa shape index (κ2) is 8.94. The minimum atomic E-state index is -0.488. The Morgan fingerprint density at radius 2 is 1.81 bits per heavy atom. The highest BCUT2D eigenvalue weighted by atomic mass is 16.6. The zero-order valence-corrected chi connectivity index (χ0v) is 18.8. The summed E-state index contributed by atoms with van der Waals surface area (Å²) in [6, 6.07) is 9.97. The Kier molecular flexibility index (Phi) is 6.07. The number of ether oxygens (including phenoxy) is 1. The fourth-order valence-corrected chi connectivity index (χ4v) is 3.87. The minimum absolute atomic E-state index is 0.134. The van der Waals surface area contributed by atoms with E-state index >= 15 is 0 Å². The van der Waals surface area contributed by atoms with Gasteiger partial charge < -0.3 is 26.4 Å². The standard InChI is InChI=1S/C23H31N7O2/c1-23(2,3)32-22(31)28-18-10-8-17(9-11-18)27-20-14-19(21-25-12-13-30(21)29-20)26-16-6-4-15(24)5-7-16/h4-7,12-14,17-18,26H,8-11,24H2,1-3H3,(H,27,29)(H,28,31). The van der Waals surface area contributed by atoms with Gasteiger partial charge in [-0.3, -0.25) is 0 Å². The van der Waals surface area contributed by atoms with E-state index in [1.54, 1.807) is 10.7 Å². The Morgan fingerprint density at radius 1 is 1.12 bits per heavy atom. The van der Waals surface area contributed by atoms with Gasteiger partial charge in [0.05, 0.1) is 5.69 Å². The molecule has 170 valence electrons. The molecule has 2 heterocycles. The number of imidazole rings is 1. The predicted molar refractivity (Wildman–Crippen MR) is 126 cm³/mol. The summed E-state index contributed by atoms with van der Waals surface area (Å²) in [6.45, 7) is 5.61. The number of nitrogens with two attached hydrogens (primary N) is 1. The first kappa shape index (κ1) is 21.7. The maximum atomic E-state index is 12.0. The number of carbonyl (C=O) groups is 1. The van der Waals surface area contributed by atoms with Crippen LogP contribution in [0.4, 0.5) is 27.7 Å². The summed E-state index contributed by atoms with van der Waals surface area (Å²) in [5, 5.41) is 14.6. The van der Waals surface area contributed by atoms with Crippen molar-refractivity contribution in [2.75, 3.05) is 16.4 Å². The van der Waals surface area contributed by atoms with Crippen molar-refractivity contribution in [3.8, 4) is 0 Å². The summed E-state index contributed by atoms with van der Waals surface area (Å²) in [7, 11) is 0. The molecule has 5 N–H and O–H groups in total. The number of nitrogens with zero attached hydrogens (tertiary/aromatic N) is 3. The van der Waals surface area contributed by atoms with E-state index in [2.05, 4.69) is 26.0 Å². The molecule has 1 aliphatic carbocycles. The van der Waals surface area contributed by atoms with Crippen molar-refractivity contribution in [3.05, 3.63) is 42.7 Å². The summed E-state index contributed by atoms with van der Waals surface area (Å²) in [4.78, 5) is 16.4. The normalized spacial score (nSPS) is 18.8. The SMILES string of the molecule is CC(C)(C)OC(=O)NC1CCC(Nc2cc(Nc3ccc(N)cc3)c3nccn3n2)CC1. The number of rotatable bonds is 5. The third kappa shape index (κ3) is 5.60. The summed E-state index contributed by atoms with van der Waals surface area (Å²) >= 11 is 0. The average Bonchev–Trinajstić information content (AvgIpc) is 3.19. The molecule has 9 nitrogen and oxygen atoms in total. The molecular formula is C23H31N7O2. The lowest BCUT2D eigenvalue weighted by Gasteiger charge is -2.30. The largest absolute Gasteiger partial charge is 0.444 e. The quantitative estimate of drug-likeness (QED) is 0.439. The number of amides is 1. The number of hydrogen-bond donors (Lipinski definition) is 4. The zero-order valence-electron chi connectivity index (χ0n) is 18.8. The van der Waals surface area contributed by atoms with E-state index in [-0.39, 0.29) is 18.2 Å². The van der Waals surface area contributed by atoms with Gasteiger partial charge in [0.2, 0.25) is 0 Å². The Bertz CT molecular complexity index is 1060. The highest BCUT2D eigenvalue weighted by Crippen LogP contribution is 2.26. The van der Waals surface area contributed by atoms with Crippen LogP contribution in [0, 0.1) is 0 Å². The molecule has 3 aromatic rings. The molecule has 1 fully saturated rings. The minimum Gasteiger partial charge on any atom is -0.444 e. The van der Waals surface area contributed by atoms with E-state index in [0.717, 1.165) is 54.2 Å². The number of benzene rings is 1. The lowest BCUT2D eigenvalue weighted by atomic mass is 9.91. The first-order valence-corrected chi connectivity index (χ1v) is 11.0. The Morgan fingerprint density at radius 3 is 2.50 bits per heavy atom. The predicted octanol–water partition coefficient (Wildman–Crippen LogP) is 4.30. The number of nitrogen functional groups attached to an aromatic ring is 1. The van der Waals surface area contributed by atoms with Crippen LogP contribution in [-0.4, -0.2) is 38.4 Å². The fraction of sp³-hybridized carbons (Fsp3) is 0.435. The molecule has 1 saturated carbocycles. The van der Waals surface area contributed by atoms with Crippen molar-refractivity contribution in [2.45, 2.75) is 64.1 Å². The van der Waals surface area contributed by atoms with E-state index in [1.807, 2.05) is 57.3 Å². The number of aromatic nitrogens is 3. The van der Waals surface area contributed by atoms with Gasteiger partial charge in [-0.05, 0) is 70.7 Å². The van der Waals surface area contributed by atoms with Crippen LogP contribution in [0.15, 0.2) is 42.7 Å². The molecule has 0 bridgehead atoms. The second-order valence-electron chi connectivity index (χ2n) is 9.22. The molecule has 9 heteroatoms. The number of fused-ring (bicyclic) bond motifs is 1. The van der Waals surface area contributed by atoms with Crippen LogP contribution in [0.1, 0.15) is 46.5 Å². The van der Waals surface area contributed by atoms with E-state index < -0.39 is 5.60 Å². The van der Waals surface area contributed by atoms with Gasteiger partial charge in [0.25, 0.3) is 0 Å². The number of carbonyl (C=O) groups excluding carboxylic acids is 1. The molecule has 0 radical (unpaired) electrons. The first-order chi connectivity index (χ1) is 15.2. The topological polar surface area (TPSA) is 119 Å². The second-order valence-corrected chi connectivity index (χ2v) is 9.22. The van der Waals surface area contributed by atoms with Gasteiger partial charge in [-0.15, -0.1) is 5.10 Å². The van der Waals surface area contributed by atoms with Crippen LogP contribution in [0.25, 0.3) is 5.65 Å². The Balaban J connectivity index is 1.38. The molecular weight excluding hydrogens is 406 g/mol. The van der Waals surface area contributed by atoms with E-state index in [4.69, 9.17) is 10.5 Å². The summed E-state index contributed by atoms with van der Waals surface area (Å²) in [6.07, 6.45) is 6.86. The highest BCUT2D eigenvalue weighted by Gasteiger charge is 2.25. The Labute approximate surface area is 187 Å². The third-order valence-corrected chi connectivity index (χ3v) is 5.35. The molecule has 32 heavy (non-hydrogen) atoms. The van der Waals surface area contributed by atoms with Gasteiger partial charge in [-0.2, -0.15) is 0 Å². The van der Waals surface area contributed by atoms with Crippen LogP contribution in [0.3, 0.4) is 0 Å². The van der Waals surface area contributed by atoms with Crippen molar-refractivity contribution in [1.29, 1.82) is 0 Å². The van der Waals surface area contributed by atoms with Gasteiger partial charge in [0.1, 0.15) is 11.4 Å². The van der Waals surface area contributed by atoms with Crippen LogP contribution in [0.5, 0.6) is 0 Å². The van der Waals surface area contributed by atoms with Gasteiger partial charge in [0, 0.05) is 41.9 Å². The molecule has 0 spiro atoms. The van der Waals surface area contributed by atoms with Gasteiger partial charge in [-0.1, -0.05) is 0 Å². The van der Waals surface area contributed by atoms with E-state index in [1.165, 1.54) is 0 Å². The number of nitrogens with one attached hydrogen (secondary N) is 3. The molecule has 1 aliphatic rings. The van der Waals surface area contributed by atoms with Gasteiger partial charge in [0.15, 0.2) is 5.65 Å². The molecule has 0 atom stereocenters.